The third kappa shape index (κ3) is 3.36. The molecule has 0 fully saturated rings. The van der Waals surface area contributed by atoms with Crippen molar-refractivity contribution in [1.82, 2.24) is 0 Å². The second kappa shape index (κ2) is 5.90. The van der Waals surface area contributed by atoms with Crippen LogP contribution in [0.15, 0.2) is 18.2 Å². The van der Waals surface area contributed by atoms with Gasteiger partial charge in [0.15, 0.2) is 0 Å². The van der Waals surface area contributed by atoms with Crippen LogP contribution in [0.25, 0.3) is 0 Å². The van der Waals surface area contributed by atoms with Crippen molar-refractivity contribution in [1.29, 1.82) is 5.26 Å². The van der Waals surface area contributed by atoms with Crippen molar-refractivity contribution >= 4 is 17.3 Å². The van der Waals surface area contributed by atoms with E-state index in [1.54, 1.807) is 13.0 Å². The van der Waals surface area contributed by atoms with E-state index in [0.717, 1.165) is 11.3 Å². The molecule has 0 saturated heterocycles. The maximum absolute atomic E-state index is 9.46. The summed E-state index contributed by atoms with van der Waals surface area (Å²) in [5.74, 6) is 0. The molecule has 0 heterocycles. The standard InChI is InChI=1S/C13H17ClN2O/c1-9(6-7-15)16(3)13-5-4-11(10(2)17)8-12(13)14/h4-5,8-10,17H,6H2,1-3H3/t9?,10-/m1/s1. The third-order valence-corrected chi connectivity index (χ3v) is 3.18. The zero-order valence-corrected chi connectivity index (χ0v) is 11.1. The van der Waals surface area contributed by atoms with Gasteiger partial charge in [0.2, 0.25) is 0 Å². The first-order chi connectivity index (χ1) is 7.97. The summed E-state index contributed by atoms with van der Waals surface area (Å²) in [5.41, 5.74) is 1.67. The fourth-order valence-corrected chi connectivity index (χ4v) is 1.90. The van der Waals surface area contributed by atoms with Gasteiger partial charge in [-0.15, -0.1) is 0 Å². The van der Waals surface area contributed by atoms with Gasteiger partial charge < -0.3 is 10.0 Å². The Morgan fingerprint density at radius 3 is 2.59 bits per heavy atom. The maximum Gasteiger partial charge on any atom is 0.0762 e. The quantitative estimate of drug-likeness (QED) is 0.896. The first kappa shape index (κ1) is 13.8. The van der Waals surface area contributed by atoms with E-state index in [1.807, 2.05) is 31.0 Å². The van der Waals surface area contributed by atoms with Crippen molar-refractivity contribution in [3.05, 3.63) is 28.8 Å². The van der Waals surface area contributed by atoms with Crippen molar-refractivity contribution < 1.29 is 5.11 Å². The Balaban J connectivity index is 2.96. The average molecular weight is 253 g/mol. The predicted octanol–water partition coefficient (Wildman–Crippen LogP) is 3.13. The monoisotopic (exact) mass is 252 g/mol. The van der Waals surface area contributed by atoms with Gasteiger partial charge in [0.05, 0.1) is 29.3 Å². The Morgan fingerprint density at radius 1 is 1.47 bits per heavy atom. The average Bonchev–Trinajstić information content (AvgIpc) is 2.28. The highest BCUT2D eigenvalue weighted by Crippen LogP contribution is 2.29. The van der Waals surface area contributed by atoms with E-state index in [0.29, 0.717) is 11.4 Å². The Hall–Kier alpha value is -1.24. The SMILES string of the molecule is CC(CC#N)N(C)c1ccc([C@@H](C)O)cc1Cl. The number of aliphatic hydroxyl groups is 1. The van der Waals surface area contributed by atoms with E-state index in [2.05, 4.69) is 6.07 Å². The second-order valence-electron chi connectivity index (χ2n) is 4.21. The lowest BCUT2D eigenvalue weighted by Gasteiger charge is -2.26. The van der Waals surface area contributed by atoms with Crippen molar-refractivity contribution in [2.24, 2.45) is 0 Å². The molecule has 17 heavy (non-hydrogen) atoms. The van der Waals surface area contributed by atoms with Crippen LogP contribution in [0.5, 0.6) is 0 Å². The summed E-state index contributed by atoms with van der Waals surface area (Å²) in [7, 11) is 1.91. The Kier molecular flexibility index (Phi) is 4.80. The molecule has 1 aromatic rings. The number of nitrogens with zero attached hydrogens (tertiary/aromatic N) is 2. The number of nitriles is 1. The summed E-state index contributed by atoms with van der Waals surface area (Å²) in [6.45, 7) is 3.68. The van der Waals surface area contributed by atoms with E-state index in [1.165, 1.54) is 0 Å². The first-order valence-electron chi connectivity index (χ1n) is 5.54. The molecule has 0 radical (unpaired) electrons. The number of hydrogen-bond acceptors (Lipinski definition) is 3. The van der Waals surface area contributed by atoms with Crippen molar-refractivity contribution in [3.8, 4) is 6.07 Å². The zero-order valence-electron chi connectivity index (χ0n) is 10.3. The van der Waals surface area contributed by atoms with E-state index in [-0.39, 0.29) is 6.04 Å². The molecule has 3 nitrogen and oxygen atoms in total. The molecule has 0 aliphatic carbocycles. The normalized spacial score (nSPS) is 13.9. The van der Waals surface area contributed by atoms with Crippen LogP contribution >= 0.6 is 11.6 Å². The van der Waals surface area contributed by atoms with Gasteiger partial charge in [0.1, 0.15) is 0 Å². The van der Waals surface area contributed by atoms with Gasteiger partial charge in [-0.25, -0.2) is 0 Å². The molecule has 1 N–H and O–H groups in total. The van der Waals surface area contributed by atoms with Crippen LogP contribution in [0, 0.1) is 11.3 Å². The molecule has 0 spiro atoms. The van der Waals surface area contributed by atoms with Crippen LogP contribution in [0.2, 0.25) is 5.02 Å². The van der Waals surface area contributed by atoms with Crippen LogP contribution in [-0.2, 0) is 0 Å². The minimum atomic E-state index is -0.525. The summed E-state index contributed by atoms with van der Waals surface area (Å²) in [6, 6.07) is 7.73. The molecule has 0 aliphatic rings. The smallest absolute Gasteiger partial charge is 0.0762 e. The molecule has 0 amide bonds. The second-order valence-corrected chi connectivity index (χ2v) is 4.62. The lowest BCUT2D eigenvalue weighted by atomic mass is 10.1. The van der Waals surface area contributed by atoms with Crippen molar-refractivity contribution in [2.45, 2.75) is 32.4 Å². The highest BCUT2D eigenvalue weighted by atomic mass is 35.5. The maximum atomic E-state index is 9.46. The first-order valence-corrected chi connectivity index (χ1v) is 5.92. The van der Waals surface area contributed by atoms with Gasteiger partial charge >= 0.3 is 0 Å². The van der Waals surface area contributed by atoms with Crippen LogP contribution in [0.1, 0.15) is 31.9 Å². The van der Waals surface area contributed by atoms with Gasteiger partial charge in [-0.2, -0.15) is 5.26 Å². The minimum Gasteiger partial charge on any atom is -0.389 e. The number of rotatable bonds is 4. The number of halogens is 1. The van der Waals surface area contributed by atoms with Gasteiger partial charge in [-0.1, -0.05) is 17.7 Å². The topological polar surface area (TPSA) is 47.3 Å². The number of anilines is 1. The van der Waals surface area contributed by atoms with E-state index in [4.69, 9.17) is 16.9 Å². The molecule has 1 aromatic carbocycles. The summed E-state index contributed by atoms with van der Waals surface area (Å²) in [5, 5.41) is 18.7. The van der Waals surface area contributed by atoms with Crippen molar-refractivity contribution in [3.63, 3.8) is 0 Å². The van der Waals surface area contributed by atoms with Crippen LogP contribution in [0.3, 0.4) is 0 Å². The fraction of sp³-hybridized carbons (Fsp3) is 0.462. The molecule has 0 bridgehead atoms. The Morgan fingerprint density at radius 2 is 2.12 bits per heavy atom. The molecular weight excluding hydrogens is 236 g/mol. The van der Waals surface area contributed by atoms with Crippen molar-refractivity contribution in [2.75, 3.05) is 11.9 Å². The molecule has 0 aliphatic heterocycles. The third-order valence-electron chi connectivity index (χ3n) is 2.88. The molecule has 92 valence electrons. The molecule has 0 aromatic heterocycles. The summed E-state index contributed by atoms with van der Waals surface area (Å²) in [4.78, 5) is 1.97. The Labute approximate surface area is 107 Å². The van der Waals surface area contributed by atoms with Crippen LogP contribution < -0.4 is 4.90 Å². The lowest BCUT2D eigenvalue weighted by molar-refractivity contribution is 0.199. The van der Waals surface area contributed by atoms with Crippen LogP contribution in [-0.4, -0.2) is 18.2 Å². The molecule has 4 heteroatoms. The van der Waals surface area contributed by atoms with Gasteiger partial charge in [0.25, 0.3) is 0 Å². The molecule has 1 unspecified atom stereocenters. The van der Waals surface area contributed by atoms with Gasteiger partial charge in [0, 0.05) is 13.1 Å². The lowest BCUT2D eigenvalue weighted by Crippen LogP contribution is -2.28. The summed E-state index contributed by atoms with van der Waals surface area (Å²) < 4.78 is 0. The molecule has 2 atom stereocenters. The minimum absolute atomic E-state index is 0.106. The highest BCUT2D eigenvalue weighted by Gasteiger charge is 2.13. The van der Waals surface area contributed by atoms with Gasteiger partial charge in [-0.3, -0.25) is 0 Å². The van der Waals surface area contributed by atoms with E-state index in [9.17, 15) is 5.11 Å². The highest BCUT2D eigenvalue weighted by molar-refractivity contribution is 6.33. The van der Waals surface area contributed by atoms with E-state index >= 15 is 0 Å². The van der Waals surface area contributed by atoms with E-state index < -0.39 is 6.10 Å². The van der Waals surface area contributed by atoms with Gasteiger partial charge in [-0.05, 0) is 31.5 Å². The fourth-order valence-electron chi connectivity index (χ4n) is 1.58. The molecular formula is C13H17ClN2O. The summed E-state index contributed by atoms with van der Waals surface area (Å²) in [6.07, 6.45) is -0.0753. The molecule has 1 rings (SSSR count). The predicted molar refractivity (Wildman–Crippen MR) is 70.2 cm³/mol. The molecule has 0 saturated carbocycles. The summed E-state index contributed by atoms with van der Waals surface area (Å²) >= 11 is 6.18. The number of hydrogen-bond donors (Lipinski definition) is 1. The largest absolute Gasteiger partial charge is 0.389 e. The van der Waals surface area contributed by atoms with Crippen LogP contribution in [0.4, 0.5) is 5.69 Å². The Bertz CT molecular complexity index is 426. The number of benzene rings is 1. The number of aliphatic hydroxyl groups excluding tert-OH is 1. The zero-order chi connectivity index (χ0) is 13.0.